The van der Waals surface area contributed by atoms with E-state index >= 15 is 0 Å². The highest BCUT2D eigenvalue weighted by Gasteiger charge is 2.22. The molecule has 29 heavy (non-hydrogen) atoms. The van der Waals surface area contributed by atoms with Gasteiger partial charge in [-0.15, -0.1) is 10.2 Å². The predicted molar refractivity (Wildman–Crippen MR) is 115 cm³/mol. The standard InChI is InChI=1S/C21H25N5O2S/c1-15-7-8-17(12-16(15)2)22-19(27)14-29-21-24-23-20(25-9-3-4-10-25)26(21)13-18-6-5-11-28-18/h5-8,11-12H,3-4,9-10,13-14H2,1-2H3,(H,22,27). The predicted octanol–water partition coefficient (Wildman–Crippen LogP) is 3.87. The van der Waals surface area contributed by atoms with Crippen LogP contribution in [0, 0.1) is 13.8 Å². The number of furan rings is 1. The van der Waals surface area contributed by atoms with Crippen LogP contribution in [0.1, 0.15) is 29.7 Å². The Hall–Kier alpha value is -2.74. The molecule has 1 saturated heterocycles. The van der Waals surface area contributed by atoms with Gasteiger partial charge in [-0.2, -0.15) is 0 Å². The molecular weight excluding hydrogens is 386 g/mol. The monoisotopic (exact) mass is 411 g/mol. The van der Waals surface area contributed by atoms with Crippen molar-refractivity contribution < 1.29 is 9.21 Å². The van der Waals surface area contributed by atoms with E-state index < -0.39 is 0 Å². The average Bonchev–Trinajstić information content (AvgIpc) is 3.45. The Morgan fingerprint density at radius 2 is 2.00 bits per heavy atom. The third-order valence-corrected chi connectivity index (χ3v) is 6.07. The fourth-order valence-corrected chi connectivity index (χ4v) is 4.11. The molecular formula is C21H25N5O2S. The Kier molecular flexibility index (Phi) is 5.89. The second-order valence-corrected chi connectivity index (χ2v) is 8.22. The van der Waals surface area contributed by atoms with Crippen molar-refractivity contribution in [1.82, 2.24) is 14.8 Å². The smallest absolute Gasteiger partial charge is 0.234 e. The first-order valence-electron chi connectivity index (χ1n) is 9.80. The molecule has 0 saturated carbocycles. The number of rotatable bonds is 7. The summed E-state index contributed by atoms with van der Waals surface area (Å²) < 4.78 is 7.56. The van der Waals surface area contributed by atoms with E-state index in [9.17, 15) is 4.79 Å². The van der Waals surface area contributed by atoms with E-state index in [1.165, 1.54) is 17.3 Å². The minimum atomic E-state index is -0.0616. The number of hydrogen-bond donors (Lipinski definition) is 1. The maximum absolute atomic E-state index is 12.5. The van der Waals surface area contributed by atoms with Gasteiger partial charge >= 0.3 is 0 Å². The van der Waals surface area contributed by atoms with Gasteiger partial charge in [-0.3, -0.25) is 9.36 Å². The van der Waals surface area contributed by atoms with Crippen LogP contribution in [0.15, 0.2) is 46.2 Å². The summed E-state index contributed by atoms with van der Waals surface area (Å²) in [6.45, 7) is 6.60. The number of carbonyl (C=O) groups excluding carboxylic acids is 1. The van der Waals surface area contributed by atoms with Crippen molar-refractivity contribution in [3.8, 4) is 0 Å². The van der Waals surface area contributed by atoms with Gasteiger partial charge in [0.2, 0.25) is 11.9 Å². The lowest BCUT2D eigenvalue weighted by Crippen LogP contribution is -2.22. The first-order chi connectivity index (χ1) is 14.1. The van der Waals surface area contributed by atoms with E-state index in [1.54, 1.807) is 6.26 Å². The molecule has 3 aromatic rings. The van der Waals surface area contributed by atoms with E-state index in [0.717, 1.165) is 54.0 Å². The van der Waals surface area contributed by atoms with Crippen LogP contribution in [0.4, 0.5) is 11.6 Å². The number of nitrogens with zero attached hydrogens (tertiary/aromatic N) is 4. The molecule has 7 nitrogen and oxygen atoms in total. The molecule has 0 bridgehead atoms. The molecule has 1 aliphatic heterocycles. The Labute approximate surface area is 174 Å². The molecule has 2 aromatic heterocycles. The maximum atomic E-state index is 12.5. The van der Waals surface area contributed by atoms with E-state index in [0.29, 0.717) is 6.54 Å². The first-order valence-corrected chi connectivity index (χ1v) is 10.8. The summed E-state index contributed by atoms with van der Waals surface area (Å²) in [5.41, 5.74) is 3.18. The number of thioether (sulfide) groups is 1. The first kappa shape index (κ1) is 19.6. The zero-order valence-electron chi connectivity index (χ0n) is 16.7. The summed E-state index contributed by atoms with van der Waals surface area (Å²) in [5.74, 6) is 1.89. The van der Waals surface area contributed by atoms with Gasteiger partial charge in [0.25, 0.3) is 0 Å². The Morgan fingerprint density at radius 1 is 1.17 bits per heavy atom. The fourth-order valence-electron chi connectivity index (χ4n) is 3.38. The molecule has 1 N–H and O–H groups in total. The molecule has 0 radical (unpaired) electrons. The van der Waals surface area contributed by atoms with Crippen molar-refractivity contribution in [3.05, 3.63) is 53.5 Å². The molecule has 1 amide bonds. The van der Waals surface area contributed by atoms with Crippen molar-refractivity contribution in [2.45, 2.75) is 38.4 Å². The second kappa shape index (κ2) is 8.73. The van der Waals surface area contributed by atoms with Crippen LogP contribution < -0.4 is 10.2 Å². The summed E-state index contributed by atoms with van der Waals surface area (Å²) in [5, 5.41) is 12.4. The Bertz CT molecular complexity index is 977. The molecule has 0 aliphatic carbocycles. The molecule has 4 rings (SSSR count). The van der Waals surface area contributed by atoms with E-state index in [-0.39, 0.29) is 11.7 Å². The van der Waals surface area contributed by atoms with Gasteiger partial charge in [0.15, 0.2) is 5.16 Å². The number of carbonyl (C=O) groups is 1. The molecule has 1 aromatic carbocycles. The van der Waals surface area contributed by atoms with Crippen LogP contribution in [0.25, 0.3) is 0 Å². The third kappa shape index (κ3) is 4.64. The van der Waals surface area contributed by atoms with Crippen LogP contribution >= 0.6 is 11.8 Å². The quantitative estimate of drug-likeness (QED) is 0.595. The van der Waals surface area contributed by atoms with Gasteiger partial charge in [-0.25, -0.2) is 0 Å². The summed E-state index contributed by atoms with van der Waals surface area (Å²) in [6.07, 6.45) is 3.99. The molecule has 0 atom stereocenters. The second-order valence-electron chi connectivity index (χ2n) is 7.28. The Balaban J connectivity index is 1.45. The molecule has 0 unspecified atom stereocenters. The highest BCUT2D eigenvalue weighted by molar-refractivity contribution is 7.99. The largest absolute Gasteiger partial charge is 0.467 e. The van der Waals surface area contributed by atoms with Crippen LogP contribution in [-0.4, -0.2) is 39.5 Å². The average molecular weight is 412 g/mol. The zero-order chi connectivity index (χ0) is 20.2. The van der Waals surface area contributed by atoms with E-state index in [1.807, 2.05) is 41.8 Å². The normalized spacial score (nSPS) is 13.8. The highest BCUT2D eigenvalue weighted by atomic mass is 32.2. The lowest BCUT2D eigenvalue weighted by atomic mass is 10.1. The third-order valence-electron chi connectivity index (χ3n) is 5.10. The van der Waals surface area contributed by atoms with Gasteiger partial charge in [0, 0.05) is 18.8 Å². The van der Waals surface area contributed by atoms with Crippen LogP contribution in [-0.2, 0) is 11.3 Å². The lowest BCUT2D eigenvalue weighted by molar-refractivity contribution is -0.113. The highest BCUT2D eigenvalue weighted by Crippen LogP contribution is 2.26. The summed E-state index contributed by atoms with van der Waals surface area (Å²) in [4.78, 5) is 14.7. The van der Waals surface area contributed by atoms with Crippen LogP contribution in [0.5, 0.6) is 0 Å². The maximum Gasteiger partial charge on any atom is 0.234 e. The minimum absolute atomic E-state index is 0.0616. The molecule has 3 heterocycles. The molecule has 8 heteroatoms. The molecule has 1 fully saturated rings. The lowest BCUT2D eigenvalue weighted by Gasteiger charge is -2.17. The molecule has 1 aliphatic rings. The topological polar surface area (TPSA) is 76.2 Å². The number of benzene rings is 1. The van der Waals surface area contributed by atoms with Crippen molar-refractivity contribution in [2.75, 3.05) is 29.1 Å². The number of aromatic nitrogens is 3. The SMILES string of the molecule is Cc1ccc(NC(=O)CSc2nnc(N3CCCC3)n2Cc2ccco2)cc1C. The molecule has 0 spiro atoms. The van der Waals surface area contributed by atoms with Gasteiger partial charge in [-0.1, -0.05) is 17.8 Å². The van der Waals surface area contributed by atoms with Crippen molar-refractivity contribution >= 4 is 29.3 Å². The summed E-state index contributed by atoms with van der Waals surface area (Å²) in [6, 6.07) is 9.74. The number of anilines is 2. The number of amides is 1. The van der Waals surface area contributed by atoms with Gasteiger partial charge in [0.05, 0.1) is 18.6 Å². The fraction of sp³-hybridized carbons (Fsp3) is 0.381. The number of hydrogen-bond acceptors (Lipinski definition) is 6. The van der Waals surface area contributed by atoms with E-state index in [2.05, 4.69) is 27.3 Å². The van der Waals surface area contributed by atoms with Crippen molar-refractivity contribution in [3.63, 3.8) is 0 Å². The minimum Gasteiger partial charge on any atom is -0.467 e. The van der Waals surface area contributed by atoms with Crippen molar-refractivity contribution in [2.24, 2.45) is 0 Å². The van der Waals surface area contributed by atoms with Gasteiger partial charge < -0.3 is 14.6 Å². The van der Waals surface area contributed by atoms with Crippen molar-refractivity contribution in [1.29, 1.82) is 0 Å². The number of nitrogens with one attached hydrogen (secondary N) is 1. The summed E-state index contributed by atoms with van der Waals surface area (Å²) >= 11 is 1.39. The number of aryl methyl sites for hydroxylation is 2. The van der Waals surface area contributed by atoms with Crippen LogP contribution in [0.3, 0.4) is 0 Å². The van der Waals surface area contributed by atoms with Gasteiger partial charge in [0.1, 0.15) is 5.76 Å². The zero-order valence-corrected chi connectivity index (χ0v) is 17.5. The summed E-state index contributed by atoms with van der Waals surface area (Å²) in [7, 11) is 0. The van der Waals surface area contributed by atoms with Gasteiger partial charge in [-0.05, 0) is 62.1 Å². The van der Waals surface area contributed by atoms with E-state index in [4.69, 9.17) is 4.42 Å². The van der Waals surface area contributed by atoms with Crippen LogP contribution in [0.2, 0.25) is 0 Å². The molecule has 152 valence electrons. The Morgan fingerprint density at radius 3 is 2.72 bits per heavy atom.